The zero-order chi connectivity index (χ0) is 15.9. The van der Waals surface area contributed by atoms with Crippen LogP contribution < -0.4 is 10.1 Å². The van der Waals surface area contributed by atoms with Gasteiger partial charge in [0, 0.05) is 11.2 Å². The Bertz CT molecular complexity index is 620. The number of fused-ring (bicyclic) bond motifs is 1. The smallest absolute Gasteiger partial charge is 0.261 e. The van der Waals surface area contributed by atoms with E-state index in [0.29, 0.717) is 6.54 Å². The van der Waals surface area contributed by atoms with Crippen LogP contribution in [0.15, 0.2) is 24.3 Å². The Morgan fingerprint density at radius 3 is 2.73 bits per heavy atom. The van der Waals surface area contributed by atoms with E-state index in [1.807, 2.05) is 24.3 Å². The summed E-state index contributed by atoms with van der Waals surface area (Å²) in [5, 5.41) is 4.09. The maximum atomic E-state index is 12.2. The van der Waals surface area contributed by atoms with Crippen molar-refractivity contribution in [2.45, 2.75) is 20.3 Å². The van der Waals surface area contributed by atoms with Gasteiger partial charge in [0.25, 0.3) is 5.91 Å². The van der Waals surface area contributed by atoms with Gasteiger partial charge < -0.3 is 15.0 Å². The van der Waals surface area contributed by atoms with Gasteiger partial charge in [-0.15, -0.1) is 11.3 Å². The molecular formula is C17H24N2O2S. The van der Waals surface area contributed by atoms with Crippen molar-refractivity contribution in [3.63, 3.8) is 0 Å². The molecule has 1 aromatic carbocycles. The molecule has 1 amide bonds. The zero-order valence-corrected chi connectivity index (χ0v) is 14.3. The summed E-state index contributed by atoms with van der Waals surface area (Å²) in [6.45, 7) is 8.18. The lowest BCUT2D eigenvalue weighted by molar-refractivity contribution is 0.0956. The molecular weight excluding hydrogens is 296 g/mol. The molecule has 0 fully saturated rings. The summed E-state index contributed by atoms with van der Waals surface area (Å²) in [5.74, 6) is 0.834. The van der Waals surface area contributed by atoms with Gasteiger partial charge in [0.05, 0.1) is 12.0 Å². The molecule has 1 aromatic heterocycles. The van der Waals surface area contributed by atoms with Crippen LogP contribution in [0.4, 0.5) is 0 Å². The van der Waals surface area contributed by atoms with Crippen LogP contribution in [0.25, 0.3) is 10.1 Å². The first-order valence-corrected chi connectivity index (χ1v) is 8.57. The summed E-state index contributed by atoms with van der Waals surface area (Å²) >= 11 is 1.51. The SMILES string of the molecule is CCN(CC)CCCNC(=O)c1cc2ccc(OC)cc2s1. The van der Waals surface area contributed by atoms with Gasteiger partial charge in [0.1, 0.15) is 5.75 Å². The highest BCUT2D eigenvalue weighted by atomic mass is 32.1. The van der Waals surface area contributed by atoms with Crippen molar-refractivity contribution in [2.24, 2.45) is 0 Å². The van der Waals surface area contributed by atoms with Crippen molar-refractivity contribution in [3.05, 3.63) is 29.1 Å². The summed E-state index contributed by atoms with van der Waals surface area (Å²) < 4.78 is 6.29. The van der Waals surface area contributed by atoms with Crippen LogP contribution in [0.2, 0.25) is 0 Å². The van der Waals surface area contributed by atoms with E-state index in [2.05, 4.69) is 24.1 Å². The number of rotatable bonds is 8. The number of hydrogen-bond donors (Lipinski definition) is 1. The fourth-order valence-corrected chi connectivity index (χ4v) is 3.39. The monoisotopic (exact) mass is 320 g/mol. The first kappa shape index (κ1) is 16.8. The highest BCUT2D eigenvalue weighted by molar-refractivity contribution is 7.20. The Labute approximate surface area is 136 Å². The van der Waals surface area contributed by atoms with Gasteiger partial charge in [-0.3, -0.25) is 4.79 Å². The van der Waals surface area contributed by atoms with E-state index in [-0.39, 0.29) is 5.91 Å². The van der Waals surface area contributed by atoms with E-state index in [0.717, 1.165) is 46.8 Å². The summed E-state index contributed by atoms with van der Waals surface area (Å²) in [6, 6.07) is 7.82. The first-order valence-electron chi connectivity index (χ1n) is 7.76. The van der Waals surface area contributed by atoms with Crippen LogP contribution in [-0.2, 0) is 0 Å². The number of benzene rings is 1. The van der Waals surface area contributed by atoms with Crippen molar-refractivity contribution in [3.8, 4) is 5.75 Å². The lowest BCUT2D eigenvalue weighted by atomic mass is 10.2. The normalized spacial score (nSPS) is 11.1. The van der Waals surface area contributed by atoms with Crippen molar-refractivity contribution in [1.82, 2.24) is 10.2 Å². The number of carbonyl (C=O) groups excluding carboxylic acids is 1. The molecule has 0 spiro atoms. The Balaban J connectivity index is 1.90. The number of hydrogen-bond acceptors (Lipinski definition) is 4. The maximum Gasteiger partial charge on any atom is 0.261 e. The molecule has 22 heavy (non-hydrogen) atoms. The zero-order valence-electron chi connectivity index (χ0n) is 13.5. The molecule has 0 aliphatic rings. The van der Waals surface area contributed by atoms with E-state index in [4.69, 9.17) is 4.74 Å². The van der Waals surface area contributed by atoms with Gasteiger partial charge in [-0.1, -0.05) is 13.8 Å². The Morgan fingerprint density at radius 1 is 1.27 bits per heavy atom. The van der Waals surface area contributed by atoms with Crippen LogP contribution >= 0.6 is 11.3 Å². The van der Waals surface area contributed by atoms with Crippen molar-refractivity contribution in [2.75, 3.05) is 33.3 Å². The highest BCUT2D eigenvalue weighted by Crippen LogP contribution is 2.29. The van der Waals surface area contributed by atoms with Gasteiger partial charge in [-0.2, -0.15) is 0 Å². The molecule has 0 bridgehead atoms. The molecule has 4 nitrogen and oxygen atoms in total. The van der Waals surface area contributed by atoms with E-state index in [1.54, 1.807) is 7.11 Å². The third kappa shape index (κ3) is 4.21. The van der Waals surface area contributed by atoms with E-state index >= 15 is 0 Å². The maximum absolute atomic E-state index is 12.2. The first-order chi connectivity index (χ1) is 10.7. The van der Waals surface area contributed by atoms with E-state index in [1.165, 1.54) is 11.3 Å². The van der Waals surface area contributed by atoms with Crippen molar-refractivity contribution in [1.29, 1.82) is 0 Å². The van der Waals surface area contributed by atoms with Crippen molar-refractivity contribution >= 4 is 27.3 Å². The van der Waals surface area contributed by atoms with Crippen molar-refractivity contribution < 1.29 is 9.53 Å². The Kier molecular flexibility index (Phi) is 6.21. The van der Waals surface area contributed by atoms with Crippen LogP contribution in [0.1, 0.15) is 29.9 Å². The van der Waals surface area contributed by atoms with Gasteiger partial charge >= 0.3 is 0 Å². The quantitative estimate of drug-likeness (QED) is 0.758. The fraction of sp³-hybridized carbons (Fsp3) is 0.471. The van der Waals surface area contributed by atoms with Gasteiger partial charge in [-0.05, 0) is 55.7 Å². The van der Waals surface area contributed by atoms with Crippen LogP contribution in [0, 0.1) is 0 Å². The lowest BCUT2D eigenvalue weighted by Gasteiger charge is -2.17. The largest absolute Gasteiger partial charge is 0.497 e. The molecule has 0 atom stereocenters. The lowest BCUT2D eigenvalue weighted by Crippen LogP contribution is -2.29. The average molecular weight is 320 g/mol. The number of methoxy groups -OCH3 is 1. The number of nitrogens with one attached hydrogen (secondary N) is 1. The number of amides is 1. The average Bonchev–Trinajstić information content (AvgIpc) is 2.97. The van der Waals surface area contributed by atoms with E-state index in [9.17, 15) is 4.79 Å². The molecule has 0 aliphatic carbocycles. The number of thiophene rings is 1. The minimum atomic E-state index is 0.0136. The van der Waals surface area contributed by atoms with Gasteiger partial charge in [-0.25, -0.2) is 0 Å². The molecule has 0 radical (unpaired) electrons. The highest BCUT2D eigenvalue weighted by Gasteiger charge is 2.10. The number of nitrogens with zero attached hydrogens (tertiary/aromatic N) is 1. The minimum absolute atomic E-state index is 0.0136. The second-order valence-electron chi connectivity index (χ2n) is 5.15. The van der Waals surface area contributed by atoms with Crippen LogP contribution in [0.5, 0.6) is 5.75 Å². The number of carbonyl (C=O) groups is 1. The second kappa shape index (κ2) is 8.15. The molecule has 120 valence electrons. The molecule has 2 rings (SSSR count). The van der Waals surface area contributed by atoms with Crippen LogP contribution in [-0.4, -0.2) is 44.1 Å². The molecule has 0 saturated heterocycles. The summed E-state index contributed by atoms with van der Waals surface area (Å²) in [5.41, 5.74) is 0. The standard InChI is InChI=1S/C17H24N2O2S/c1-4-19(5-2)10-6-9-18-17(20)16-11-13-7-8-14(21-3)12-15(13)22-16/h7-8,11-12H,4-6,9-10H2,1-3H3,(H,18,20). The minimum Gasteiger partial charge on any atom is -0.497 e. The molecule has 5 heteroatoms. The van der Waals surface area contributed by atoms with Crippen LogP contribution in [0.3, 0.4) is 0 Å². The third-order valence-electron chi connectivity index (χ3n) is 3.78. The number of ether oxygens (including phenoxy) is 1. The third-order valence-corrected chi connectivity index (χ3v) is 4.88. The second-order valence-corrected chi connectivity index (χ2v) is 6.23. The molecule has 1 N–H and O–H groups in total. The topological polar surface area (TPSA) is 41.6 Å². The fourth-order valence-electron chi connectivity index (χ4n) is 2.38. The van der Waals surface area contributed by atoms with Gasteiger partial charge in [0.15, 0.2) is 0 Å². The Morgan fingerprint density at radius 2 is 2.05 bits per heavy atom. The molecule has 0 unspecified atom stereocenters. The summed E-state index contributed by atoms with van der Waals surface area (Å²) in [4.78, 5) is 15.3. The predicted octanol–water partition coefficient (Wildman–Crippen LogP) is 3.37. The molecule has 0 aliphatic heterocycles. The Hall–Kier alpha value is -1.59. The summed E-state index contributed by atoms with van der Waals surface area (Å²) in [6.07, 6.45) is 0.978. The summed E-state index contributed by atoms with van der Waals surface area (Å²) in [7, 11) is 1.65. The molecule has 1 heterocycles. The molecule has 2 aromatic rings. The van der Waals surface area contributed by atoms with E-state index < -0.39 is 0 Å². The van der Waals surface area contributed by atoms with Gasteiger partial charge in [0.2, 0.25) is 0 Å². The predicted molar refractivity (Wildman–Crippen MR) is 93.1 cm³/mol. The molecule has 0 saturated carbocycles.